The molecule has 0 radical (unpaired) electrons. The first-order chi connectivity index (χ1) is 8.24. The van der Waals surface area contributed by atoms with Gasteiger partial charge in [-0.25, -0.2) is 9.97 Å². The lowest BCUT2D eigenvalue weighted by Gasteiger charge is -2.21. The Hall–Kier alpha value is -1.01. The lowest BCUT2D eigenvalue weighted by molar-refractivity contribution is 0.367. The molecule has 0 aromatic carbocycles. The van der Waals surface area contributed by atoms with Crippen molar-refractivity contribution in [1.29, 1.82) is 0 Å². The van der Waals surface area contributed by atoms with E-state index < -0.39 is 0 Å². The zero-order chi connectivity index (χ0) is 12.1. The molecule has 94 valence electrons. The zero-order valence-electron chi connectivity index (χ0n) is 9.85. The van der Waals surface area contributed by atoms with Gasteiger partial charge in [0.25, 0.3) is 0 Å². The lowest BCUT2D eigenvalue weighted by atomic mass is 9.96. The van der Waals surface area contributed by atoms with Crippen LogP contribution in [0, 0.1) is 5.92 Å². The normalized spacial score (nSPS) is 17.2. The summed E-state index contributed by atoms with van der Waals surface area (Å²) in [5.74, 6) is 2.76. The summed E-state index contributed by atoms with van der Waals surface area (Å²) in [6.07, 6.45) is 3.77. The Balaban J connectivity index is 1.77. The summed E-state index contributed by atoms with van der Waals surface area (Å²) in [7, 11) is 0. The monoisotopic (exact) mass is 253 g/mol. The molecule has 1 saturated heterocycles. The second-order valence-corrected chi connectivity index (χ2v) is 5.39. The highest BCUT2D eigenvalue weighted by Gasteiger charge is 2.12. The topological polar surface area (TPSA) is 89.9 Å². The second kappa shape index (κ2) is 6.07. The van der Waals surface area contributed by atoms with Crippen LogP contribution < -0.4 is 16.8 Å². The third-order valence-electron chi connectivity index (χ3n) is 2.96. The molecule has 5 nitrogen and oxygen atoms in total. The number of piperidine rings is 1. The predicted molar refractivity (Wildman–Crippen MR) is 71.8 cm³/mol. The average Bonchev–Trinajstić information content (AvgIpc) is 2.29. The van der Waals surface area contributed by atoms with Crippen LogP contribution in [0.2, 0.25) is 0 Å². The zero-order valence-corrected chi connectivity index (χ0v) is 10.7. The van der Waals surface area contributed by atoms with E-state index in [9.17, 15) is 0 Å². The first-order valence-electron chi connectivity index (χ1n) is 5.97. The highest BCUT2D eigenvalue weighted by Crippen LogP contribution is 2.22. The van der Waals surface area contributed by atoms with Crippen molar-refractivity contribution in [2.24, 2.45) is 5.92 Å². The Bertz CT molecular complexity index is 345. The minimum absolute atomic E-state index is 0.446. The molecule has 6 heteroatoms. The van der Waals surface area contributed by atoms with Crippen LogP contribution in [-0.4, -0.2) is 28.8 Å². The molecule has 0 aliphatic carbocycles. The molecule has 1 aromatic rings. The summed E-state index contributed by atoms with van der Waals surface area (Å²) < 4.78 is 0. The number of hydrogen-bond acceptors (Lipinski definition) is 6. The van der Waals surface area contributed by atoms with Gasteiger partial charge in [0.05, 0.1) is 0 Å². The molecule has 0 bridgehead atoms. The standard InChI is InChI=1S/C11H19N5S/c12-9-7-10(13)16-11(15-9)17-6-3-8-1-4-14-5-2-8/h7-8,14H,1-6H2,(H4,12,13,15,16). The summed E-state index contributed by atoms with van der Waals surface area (Å²) in [6.45, 7) is 2.30. The third-order valence-corrected chi connectivity index (χ3v) is 3.84. The molecule has 0 amide bonds. The summed E-state index contributed by atoms with van der Waals surface area (Å²) in [4.78, 5) is 8.31. The van der Waals surface area contributed by atoms with Gasteiger partial charge in [-0.15, -0.1) is 0 Å². The van der Waals surface area contributed by atoms with Gasteiger partial charge in [0.1, 0.15) is 11.6 Å². The molecular weight excluding hydrogens is 234 g/mol. The molecule has 5 N–H and O–H groups in total. The molecule has 2 rings (SSSR count). The number of rotatable bonds is 4. The van der Waals surface area contributed by atoms with Gasteiger partial charge in [0.2, 0.25) is 0 Å². The molecule has 1 aliphatic heterocycles. The van der Waals surface area contributed by atoms with Gasteiger partial charge in [-0.3, -0.25) is 0 Å². The Morgan fingerprint density at radius 2 is 1.88 bits per heavy atom. The highest BCUT2D eigenvalue weighted by molar-refractivity contribution is 7.99. The molecule has 0 saturated carbocycles. The number of hydrogen-bond donors (Lipinski definition) is 3. The van der Waals surface area contributed by atoms with Crippen LogP contribution >= 0.6 is 11.8 Å². The average molecular weight is 253 g/mol. The van der Waals surface area contributed by atoms with E-state index in [1.807, 2.05) is 0 Å². The van der Waals surface area contributed by atoms with E-state index in [1.165, 1.54) is 19.3 Å². The molecule has 0 atom stereocenters. The van der Waals surface area contributed by atoms with Crippen molar-refractivity contribution in [3.63, 3.8) is 0 Å². The van der Waals surface area contributed by atoms with Crippen molar-refractivity contribution in [2.75, 3.05) is 30.3 Å². The van der Waals surface area contributed by atoms with Crippen LogP contribution in [0.4, 0.5) is 11.6 Å². The van der Waals surface area contributed by atoms with Crippen LogP contribution in [-0.2, 0) is 0 Å². The predicted octanol–water partition coefficient (Wildman–Crippen LogP) is 1.12. The Morgan fingerprint density at radius 3 is 2.53 bits per heavy atom. The molecule has 1 aromatic heterocycles. The maximum Gasteiger partial charge on any atom is 0.191 e. The smallest absolute Gasteiger partial charge is 0.191 e. The van der Waals surface area contributed by atoms with E-state index in [1.54, 1.807) is 17.8 Å². The first-order valence-corrected chi connectivity index (χ1v) is 6.96. The number of thioether (sulfide) groups is 1. The Labute approximate surface area is 106 Å². The number of nitrogens with one attached hydrogen (secondary N) is 1. The Morgan fingerprint density at radius 1 is 1.24 bits per heavy atom. The molecule has 0 spiro atoms. The van der Waals surface area contributed by atoms with Crippen molar-refractivity contribution in [1.82, 2.24) is 15.3 Å². The number of anilines is 2. The van der Waals surface area contributed by atoms with Crippen LogP contribution in [0.15, 0.2) is 11.2 Å². The number of aromatic nitrogens is 2. The largest absolute Gasteiger partial charge is 0.383 e. The third kappa shape index (κ3) is 4.05. The SMILES string of the molecule is Nc1cc(N)nc(SCCC2CCNCC2)n1. The fourth-order valence-electron chi connectivity index (χ4n) is 2.01. The Kier molecular flexibility index (Phi) is 4.44. The fourth-order valence-corrected chi connectivity index (χ4v) is 2.99. The van der Waals surface area contributed by atoms with Crippen LogP contribution in [0.5, 0.6) is 0 Å². The summed E-state index contributed by atoms with van der Waals surface area (Å²) >= 11 is 1.64. The molecular formula is C11H19N5S. The van der Waals surface area contributed by atoms with Crippen LogP contribution in [0.25, 0.3) is 0 Å². The van der Waals surface area contributed by atoms with E-state index in [-0.39, 0.29) is 0 Å². The van der Waals surface area contributed by atoms with E-state index in [0.717, 1.165) is 24.8 Å². The molecule has 2 heterocycles. The van der Waals surface area contributed by atoms with E-state index in [4.69, 9.17) is 11.5 Å². The maximum atomic E-state index is 5.62. The first kappa shape index (κ1) is 12.4. The second-order valence-electron chi connectivity index (χ2n) is 4.33. The minimum Gasteiger partial charge on any atom is -0.383 e. The highest BCUT2D eigenvalue weighted by atomic mass is 32.2. The van der Waals surface area contributed by atoms with Gasteiger partial charge in [0, 0.05) is 11.8 Å². The number of nitrogens with two attached hydrogens (primary N) is 2. The van der Waals surface area contributed by atoms with Gasteiger partial charge in [-0.2, -0.15) is 0 Å². The molecule has 1 fully saturated rings. The van der Waals surface area contributed by atoms with Gasteiger partial charge in [-0.1, -0.05) is 11.8 Å². The fraction of sp³-hybridized carbons (Fsp3) is 0.636. The summed E-state index contributed by atoms with van der Waals surface area (Å²) in [5, 5.41) is 4.06. The van der Waals surface area contributed by atoms with Gasteiger partial charge in [-0.05, 0) is 38.3 Å². The van der Waals surface area contributed by atoms with Crippen LogP contribution in [0.3, 0.4) is 0 Å². The lowest BCUT2D eigenvalue weighted by Crippen LogP contribution is -2.27. The molecule has 0 unspecified atom stereocenters. The van der Waals surface area contributed by atoms with Gasteiger partial charge < -0.3 is 16.8 Å². The van der Waals surface area contributed by atoms with Crippen molar-refractivity contribution in [2.45, 2.75) is 24.4 Å². The van der Waals surface area contributed by atoms with E-state index in [0.29, 0.717) is 16.8 Å². The van der Waals surface area contributed by atoms with Crippen LogP contribution in [0.1, 0.15) is 19.3 Å². The van der Waals surface area contributed by atoms with Gasteiger partial charge >= 0.3 is 0 Å². The maximum absolute atomic E-state index is 5.62. The summed E-state index contributed by atoms with van der Waals surface area (Å²) in [6, 6.07) is 1.58. The minimum atomic E-state index is 0.446. The van der Waals surface area contributed by atoms with Crippen molar-refractivity contribution < 1.29 is 0 Å². The molecule has 1 aliphatic rings. The van der Waals surface area contributed by atoms with E-state index in [2.05, 4.69) is 15.3 Å². The quantitative estimate of drug-likeness (QED) is 0.550. The number of nitrogen functional groups attached to an aromatic ring is 2. The number of nitrogens with zero attached hydrogens (tertiary/aromatic N) is 2. The van der Waals surface area contributed by atoms with Crippen molar-refractivity contribution in [3.8, 4) is 0 Å². The van der Waals surface area contributed by atoms with Gasteiger partial charge in [0.15, 0.2) is 5.16 Å². The molecule has 17 heavy (non-hydrogen) atoms. The van der Waals surface area contributed by atoms with Crippen molar-refractivity contribution >= 4 is 23.4 Å². The van der Waals surface area contributed by atoms with Crippen molar-refractivity contribution in [3.05, 3.63) is 6.07 Å². The summed E-state index contributed by atoms with van der Waals surface area (Å²) in [5.41, 5.74) is 11.2. The van der Waals surface area contributed by atoms with E-state index >= 15 is 0 Å².